The van der Waals surface area contributed by atoms with Crippen LogP contribution in [0, 0.1) is 0 Å². The maximum absolute atomic E-state index is 2.57. The fourth-order valence-electron chi connectivity index (χ4n) is 8.43. The molecule has 0 saturated carbocycles. The molecule has 2 unspecified atom stereocenters. The van der Waals surface area contributed by atoms with Crippen molar-refractivity contribution in [3.8, 4) is 0 Å². The molecule has 5 aromatic carbocycles. The zero-order valence-corrected chi connectivity index (χ0v) is 32.0. The van der Waals surface area contributed by atoms with Gasteiger partial charge >= 0.3 is 0 Å². The van der Waals surface area contributed by atoms with E-state index < -0.39 is 0 Å². The van der Waals surface area contributed by atoms with Gasteiger partial charge in [0.25, 0.3) is 0 Å². The van der Waals surface area contributed by atoms with Gasteiger partial charge in [-0.15, -0.1) is 0 Å². The highest BCUT2D eigenvalue weighted by Crippen LogP contribution is 2.57. The minimum Gasteiger partial charge on any atom is -0.0616 e. The summed E-state index contributed by atoms with van der Waals surface area (Å²) in [6.07, 6.45) is 0. The second-order valence-electron chi connectivity index (χ2n) is 19.1. The monoisotopic (exact) mass is 644 g/mol. The van der Waals surface area contributed by atoms with Crippen molar-refractivity contribution >= 4 is 0 Å². The van der Waals surface area contributed by atoms with Crippen molar-refractivity contribution in [3.63, 3.8) is 0 Å². The zero-order valence-electron chi connectivity index (χ0n) is 32.0. The first-order chi connectivity index (χ1) is 22.8. The van der Waals surface area contributed by atoms with Crippen LogP contribution in [0.15, 0.2) is 103 Å². The molecule has 0 N–H and O–H groups in total. The van der Waals surface area contributed by atoms with E-state index in [4.69, 9.17) is 0 Å². The largest absolute Gasteiger partial charge is 0.0616 e. The minimum absolute atomic E-state index is 0.0563. The van der Waals surface area contributed by atoms with Crippen LogP contribution in [0.1, 0.15) is 173 Å². The predicted molar refractivity (Wildman–Crippen MR) is 210 cm³/mol. The Morgan fingerprint density at radius 3 is 0.959 bits per heavy atom. The SMILES string of the molecule is CC(C)(C)c1ccc(C2c3ccc(C(C)(C)C)cc3C3c4cc(C(C)(C)C)ccc4C(c4ccc(C(C)(C)C)cc4)c4cccc2c43)cc1. The molecular formula is C49H56. The summed E-state index contributed by atoms with van der Waals surface area (Å²) in [5, 5.41) is 0. The van der Waals surface area contributed by atoms with E-state index in [9.17, 15) is 0 Å². The van der Waals surface area contributed by atoms with Crippen LogP contribution in [0.2, 0.25) is 0 Å². The molecule has 0 amide bonds. The molecule has 0 saturated heterocycles. The van der Waals surface area contributed by atoms with Gasteiger partial charge in [-0.25, -0.2) is 0 Å². The van der Waals surface area contributed by atoms with E-state index in [2.05, 4.69) is 186 Å². The Bertz CT molecular complexity index is 1880. The van der Waals surface area contributed by atoms with E-state index in [1.54, 1.807) is 0 Å². The highest BCUT2D eigenvalue weighted by atomic mass is 14.5. The molecule has 0 heteroatoms. The molecule has 0 bridgehead atoms. The van der Waals surface area contributed by atoms with Crippen molar-refractivity contribution in [2.45, 2.75) is 122 Å². The van der Waals surface area contributed by atoms with Gasteiger partial charge in [-0.3, -0.25) is 0 Å². The van der Waals surface area contributed by atoms with Crippen LogP contribution in [0.5, 0.6) is 0 Å². The fourth-order valence-corrected chi connectivity index (χ4v) is 8.43. The van der Waals surface area contributed by atoms with Crippen molar-refractivity contribution in [1.82, 2.24) is 0 Å². The quantitative estimate of drug-likeness (QED) is 0.176. The molecule has 49 heavy (non-hydrogen) atoms. The van der Waals surface area contributed by atoms with Gasteiger partial charge in [0.05, 0.1) is 0 Å². The van der Waals surface area contributed by atoms with Crippen LogP contribution < -0.4 is 0 Å². The van der Waals surface area contributed by atoms with E-state index in [0.29, 0.717) is 0 Å². The number of hydrogen-bond acceptors (Lipinski definition) is 0. The van der Waals surface area contributed by atoms with Gasteiger partial charge in [-0.1, -0.05) is 186 Å². The third kappa shape index (κ3) is 5.80. The Morgan fingerprint density at radius 1 is 0.306 bits per heavy atom. The lowest BCUT2D eigenvalue weighted by Crippen LogP contribution is -2.29. The van der Waals surface area contributed by atoms with Gasteiger partial charge in [0.2, 0.25) is 0 Å². The van der Waals surface area contributed by atoms with Gasteiger partial charge in [0, 0.05) is 17.8 Å². The highest BCUT2D eigenvalue weighted by Gasteiger charge is 2.43. The second kappa shape index (κ2) is 11.3. The Balaban J connectivity index is 1.54. The standard InChI is InChI=1S/C49H56/c1-46(2,3)32-20-16-30(17-21-32)42-36-26-24-34(48(7,8)9)28-40(36)45-41-29-35(49(10,11)12)25-27-37(41)43(39-15-13-14-38(42)44(39)45)31-18-22-33(23-19-31)47(4,5)6/h13-29,42-43,45H,1-12H3. The van der Waals surface area contributed by atoms with Crippen LogP contribution >= 0.6 is 0 Å². The van der Waals surface area contributed by atoms with Crippen LogP contribution in [-0.4, -0.2) is 0 Å². The molecule has 7 rings (SSSR count). The van der Waals surface area contributed by atoms with E-state index in [-0.39, 0.29) is 39.4 Å². The number of rotatable bonds is 2. The molecule has 0 radical (unpaired) electrons. The normalized spacial score (nSPS) is 18.8. The minimum atomic E-state index is 0.0563. The van der Waals surface area contributed by atoms with E-state index in [0.717, 1.165) is 0 Å². The van der Waals surface area contributed by atoms with E-state index in [1.165, 1.54) is 72.3 Å². The van der Waals surface area contributed by atoms with Crippen molar-refractivity contribution in [2.75, 3.05) is 0 Å². The van der Waals surface area contributed by atoms with E-state index in [1.807, 2.05) is 0 Å². The average Bonchev–Trinajstić information content (AvgIpc) is 3.02. The Hall–Kier alpha value is -3.90. The summed E-state index contributed by atoms with van der Waals surface area (Å²) in [4.78, 5) is 0. The van der Waals surface area contributed by atoms with Crippen LogP contribution in [0.3, 0.4) is 0 Å². The third-order valence-electron chi connectivity index (χ3n) is 11.5. The summed E-state index contributed by atoms with van der Waals surface area (Å²) in [5.41, 5.74) is 19.0. The summed E-state index contributed by atoms with van der Waals surface area (Å²) in [6.45, 7) is 27.9. The zero-order chi connectivity index (χ0) is 35.3. The molecule has 0 spiro atoms. The summed E-state index contributed by atoms with van der Waals surface area (Å²) in [7, 11) is 0. The molecule has 0 fully saturated rings. The topological polar surface area (TPSA) is 0 Å². The molecule has 5 aromatic rings. The Labute approximate surface area is 297 Å². The van der Waals surface area contributed by atoms with Crippen LogP contribution in [-0.2, 0) is 21.7 Å². The van der Waals surface area contributed by atoms with Crippen LogP contribution in [0.25, 0.3) is 0 Å². The van der Waals surface area contributed by atoms with E-state index >= 15 is 0 Å². The van der Waals surface area contributed by atoms with Crippen molar-refractivity contribution < 1.29 is 0 Å². The smallest absolute Gasteiger partial charge is 0.0352 e. The van der Waals surface area contributed by atoms with Gasteiger partial charge in [0.1, 0.15) is 0 Å². The van der Waals surface area contributed by atoms with Crippen molar-refractivity contribution in [3.05, 3.63) is 175 Å². The first-order valence-electron chi connectivity index (χ1n) is 18.5. The molecule has 252 valence electrons. The maximum Gasteiger partial charge on any atom is 0.0352 e. The van der Waals surface area contributed by atoms with Gasteiger partial charge in [-0.05, 0) is 94.0 Å². The maximum atomic E-state index is 2.57. The summed E-state index contributed by atoms with van der Waals surface area (Å²) in [6, 6.07) is 41.2. The molecule has 2 atom stereocenters. The number of hydrogen-bond donors (Lipinski definition) is 0. The molecule has 2 aliphatic rings. The molecule has 0 aromatic heterocycles. The first kappa shape index (κ1) is 33.6. The average molecular weight is 645 g/mol. The summed E-state index contributed by atoms with van der Waals surface area (Å²) >= 11 is 0. The number of fused-ring (bicyclic) bond motifs is 4. The summed E-state index contributed by atoms with van der Waals surface area (Å²) < 4.78 is 0. The Morgan fingerprint density at radius 2 is 0.633 bits per heavy atom. The van der Waals surface area contributed by atoms with Crippen molar-refractivity contribution in [1.29, 1.82) is 0 Å². The molecule has 2 aliphatic carbocycles. The Kier molecular flexibility index (Phi) is 7.75. The predicted octanol–water partition coefficient (Wildman–Crippen LogP) is 13.0. The fraction of sp³-hybridized carbons (Fsp3) is 0.388. The second-order valence-corrected chi connectivity index (χ2v) is 19.1. The highest BCUT2D eigenvalue weighted by molar-refractivity contribution is 5.70. The van der Waals surface area contributed by atoms with Crippen molar-refractivity contribution in [2.24, 2.45) is 0 Å². The number of benzene rings is 5. The van der Waals surface area contributed by atoms with Gasteiger partial charge in [-0.2, -0.15) is 0 Å². The van der Waals surface area contributed by atoms with Gasteiger partial charge < -0.3 is 0 Å². The molecule has 0 nitrogen and oxygen atoms in total. The third-order valence-corrected chi connectivity index (χ3v) is 11.5. The molecule has 0 aliphatic heterocycles. The molecule has 0 heterocycles. The first-order valence-corrected chi connectivity index (χ1v) is 18.5. The lowest BCUT2D eigenvalue weighted by molar-refractivity contribution is 0.585. The molecular weight excluding hydrogens is 589 g/mol. The van der Waals surface area contributed by atoms with Crippen LogP contribution in [0.4, 0.5) is 0 Å². The lowest BCUT2D eigenvalue weighted by atomic mass is 9.60. The van der Waals surface area contributed by atoms with Gasteiger partial charge in [0.15, 0.2) is 0 Å². The summed E-state index contributed by atoms with van der Waals surface area (Å²) in [5.74, 6) is 0.553. The lowest BCUT2D eigenvalue weighted by Gasteiger charge is -2.43.